The van der Waals surface area contributed by atoms with E-state index in [0.29, 0.717) is 6.92 Å². The normalized spacial score (nSPS) is 16.7. The number of halogens is 12. The molecule has 0 aromatic heterocycles. The fourth-order valence-corrected chi connectivity index (χ4v) is 1.95. The van der Waals surface area contributed by atoms with E-state index in [2.05, 4.69) is 0 Å². The first-order chi connectivity index (χ1) is 10.8. The fourth-order valence-electron chi connectivity index (χ4n) is 1.95. The molecule has 0 radical (unpaired) electrons. The summed E-state index contributed by atoms with van der Waals surface area (Å²) in [6.07, 6.45) is -19.5. The number of hydrogen-bond donors (Lipinski definition) is 1. The molecule has 1 aromatic carbocycles. The van der Waals surface area contributed by atoms with Crippen LogP contribution in [0.3, 0.4) is 0 Å². The number of alkyl halides is 12. The largest absolute Gasteiger partial charge is 0.457 e. The molecule has 0 heterocycles. The first kappa shape index (κ1) is 21.2. The first-order valence-electron chi connectivity index (χ1n) is 5.96. The molecule has 1 unspecified atom stereocenters. The highest BCUT2D eigenvalue weighted by atomic mass is 19.4. The Labute approximate surface area is 131 Å². The van der Waals surface area contributed by atoms with E-state index in [-0.39, 0.29) is 6.07 Å². The van der Waals surface area contributed by atoms with Crippen molar-refractivity contribution < 1.29 is 52.7 Å². The van der Waals surface area contributed by atoms with Gasteiger partial charge in [-0.3, -0.25) is 0 Å². The van der Waals surface area contributed by atoms with E-state index in [4.69, 9.17) is 5.73 Å². The third kappa shape index (κ3) is 3.19. The van der Waals surface area contributed by atoms with Gasteiger partial charge in [-0.15, -0.1) is 0 Å². The average Bonchev–Trinajstić information content (AvgIpc) is 2.36. The minimum Gasteiger partial charge on any atom is -0.398 e. The molecule has 0 bridgehead atoms. The fraction of sp³-hybridized carbons (Fsp3) is 0.500. The Morgan fingerprint density at radius 3 is 1.48 bits per heavy atom. The van der Waals surface area contributed by atoms with Gasteiger partial charge in [0, 0.05) is 11.3 Å². The standard InChI is InChI=1S/C12H7F12N/c1-4-2-5(3-6(7(4)25)9(14,15)16)8(13,11(19,20)21)10(17,18)12(22,23)24/h2-3H,25H2,1H3. The summed E-state index contributed by atoms with van der Waals surface area (Å²) in [6.45, 7) is 0.594. The number of nitrogens with two attached hydrogens (primary N) is 1. The van der Waals surface area contributed by atoms with E-state index < -0.39 is 58.6 Å². The molecule has 0 saturated carbocycles. The maximum Gasteiger partial charge on any atom is 0.457 e. The summed E-state index contributed by atoms with van der Waals surface area (Å²) >= 11 is 0. The topological polar surface area (TPSA) is 26.0 Å². The Bertz CT molecular complexity index is 654. The van der Waals surface area contributed by atoms with Gasteiger partial charge in [0.25, 0.3) is 0 Å². The Balaban J connectivity index is 3.92. The van der Waals surface area contributed by atoms with Crippen molar-refractivity contribution in [3.05, 3.63) is 28.8 Å². The van der Waals surface area contributed by atoms with E-state index in [1.165, 1.54) is 0 Å². The summed E-state index contributed by atoms with van der Waals surface area (Å²) in [7, 11) is 0. The van der Waals surface area contributed by atoms with Crippen LogP contribution in [0.4, 0.5) is 58.4 Å². The summed E-state index contributed by atoms with van der Waals surface area (Å²) in [4.78, 5) is 0. The van der Waals surface area contributed by atoms with E-state index >= 15 is 0 Å². The van der Waals surface area contributed by atoms with Crippen molar-refractivity contribution in [2.75, 3.05) is 5.73 Å². The van der Waals surface area contributed by atoms with Gasteiger partial charge in [-0.05, 0) is 18.6 Å². The second kappa shape index (κ2) is 5.59. The van der Waals surface area contributed by atoms with Crippen LogP contribution in [0.5, 0.6) is 0 Å². The van der Waals surface area contributed by atoms with Gasteiger partial charge in [0.2, 0.25) is 0 Å². The lowest BCUT2D eigenvalue weighted by Gasteiger charge is -2.36. The maximum absolute atomic E-state index is 14.2. The molecule has 13 heteroatoms. The number of aryl methyl sites for hydroxylation is 1. The average molecular weight is 393 g/mol. The van der Waals surface area contributed by atoms with Crippen molar-refractivity contribution in [2.24, 2.45) is 0 Å². The van der Waals surface area contributed by atoms with Crippen molar-refractivity contribution in [3.8, 4) is 0 Å². The van der Waals surface area contributed by atoms with Gasteiger partial charge < -0.3 is 5.73 Å². The predicted octanol–water partition coefficient (Wildman–Crippen LogP) is 5.52. The van der Waals surface area contributed by atoms with E-state index in [1.54, 1.807) is 0 Å². The van der Waals surface area contributed by atoms with Gasteiger partial charge in [-0.2, -0.15) is 48.3 Å². The van der Waals surface area contributed by atoms with Crippen LogP contribution in [0.15, 0.2) is 12.1 Å². The number of hydrogen-bond acceptors (Lipinski definition) is 1. The molecule has 1 nitrogen and oxygen atoms in total. The molecule has 0 saturated heterocycles. The maximum atomic E-state index is 14.2. The summed E-state index contributed by atoms with van der Waals surface area (Å²) in [5.74, 6) is -7.07. The molecule has 0 aliphatic rings. The molecule has 0 aliphatic carbocycles. The minimum atomic E-state index is -7.07. The van der Waals surface area contributed by atoms with Crippen LogP contribution < -0.4 is 5.73 Å². The molecule has 1 rings (SSSR count). The molecule has 1 aromatic rings. The quantitative estimate of drug-likeness (QED) is 0.520. The second-order valence-corrected chi connectivity index (χ2v) is 4.98. The molecular formula is C12H7F12N. The van der Waals surface area contributed by atoms with Crippen LogP contribution in [-0.4, -0.2) is 18.3 Å². The Morgan fingerprint density at radius 1 is 0.720 bits per heavy atom. The van der Waals surface area contributed by atoms with E-state index in [1.807, 2.05) is 0 Å². The smallest absolute Gasteiger partial charge is 0.398 e. The number of rotatable bonds is 2. The molecule has 0 spiro atoms. The molecule has 2 N–H and O–H groups in total. The van der Waals surface area contributed by atoms with Gasteiger partial charge in [-0.1, -0.05) is 6.07 Å². The van der Waals surface area contributed by atoms with Gasteiger partial charge >= 0.3 is 30.1 Å². The van der Waals surface area contributed by atoms with Crippen molar-refractivity contribution in [3.63, 3.8) is 0 Å². The molecule has 25 heavy (non-hydrogen) atoms. The van der Waals surface area contributed by atoms with Gasteiger partial charge in [0.15, 0.2) is 0 Å². The predicted molar refractivity (Wildman–Crippen MR) is 60.4 cm³/mol. The zero-order chi connectivity index (χ0) is 20.2. The zero-order valence-electron chi connectivity index (χ0n) is 11.8. The summed E-state index contributed by atoms with van der Waals surface area (Å²) in [5, 5.41) is 0. The third-order valence-corrected chi connectivity index (χ3v) is 3.27. The lowest BCUT2D eigenvalue weighted by molar-refractivity contribution is -0.389. The molecular weight excluding hydrogens is 386 g/mol. The van der Waals surface area contributed by atoms with Gasteiger partial charge in [0.1, 0.15) is 0 Å². The van der Waals surface area contributed by atoms with Gasteiger partial charge in [-0.25, -0.2) is 4.39 Å². The van der Waals surface area contributed by atoms with E-state index in [0.717, 1.165) is 0 Å². The highest BCUT2D eigenvalue weighted by molar-refractivity contribution is 5.57. The highest BCUT2D eigenvalue weighted by Crippen LogP contribution is 2.58. The SMILES string of the molecule is Cc1cc(C(F)(C(F)(F)F)C(F)(F)C(F)(F)F)cc(C(F)(F)F)c1N. The summed E-state index contributed by atoms with van der Waals surface area (Å²) in [6, 6.07) is -1.05. The molecule has 0 aliphatic heterocycles. The number of nitrogen functional groups attached to an aromatic ring is 1. The summed E-state index contributed by atoms with van der Waals surface area (Å²) in [5.41, 5.74) is -8.46. The van der Waals surface area contributed by atoms with Crippen LogP contribution in [0.25, 0.3) is 0 Å². The number of anilines is 1. The first-order valence-corrected chi connectivity index (χ1v) is 5.96. The zero-order valence-corrected chi connectivity index (χ0v) is 11.8. The van der Waals surface area contributed by atoms with Gasteiger partial charge in [0.05, 0.1) is 5.56 Å². The molecule has 144 valence electrons. The lowest BCUT2D eigenvalue weighted by Crippen LogP contribution is -2.59. The van der Waals surface area contributed by atoms with Crippen molar-refractivity contribution in [1.29, 1.82) is 0 Å². The Hall–Kier alpha value is -1.82. The monoisotopic (exact) mass is 393 g/mol. The van der Waals surface area contributed by atoms with Crippen LogP contribution >= 0.6 is 0 Å². The van der Waals surface area contributed by atoms with Crippen molar-refractivity contribution in [2.45, 2.75) is 37.0 Å². The summed E-state index contributed by atoms with van der Waals surface area (Å²) < 4.78 is 154. The Kier molecular flexibility index (Phi) is 4.75. The molecule has 0 amide bonds. The lowest BCUT2D eigenvalue weighted by atomic mass is 9.85. The van der Waals surface area contributed by atoms with Crippen LogP contribution in [0.2, 0.25) is 0 Å². The number of benzene rings is 1. The second-order valence-electron chi connectivity index (χ2n) is 4.98. The van der Waals surface area contributed by atoms with Crippen LogP contribution in [0.1, 0.15) is 16.7 Å². The molecule has 0 fully saturated rings. The third-order valence-electron chi connectivity index (χ3n) is 3.27. The van der Waals surface area contributed by atoms with Crippen LogP contribution in [-0.2, 0) is 11.8 Å². The van der Waals surface area contributed by atoms with Crippen molar-refractivity contribution in [1.82, 2.24) is 0 Å². The highest BCUT2D eigenvalue weighted by Gasteiger charge is 2.81. The Morgan fingerprint density at radius 2 is 1.16 bits per heavy atom. The van der Waals surface area contributed by atoms with E-state index in [9.17, 15) is 52.7 Å². The minimum absolute atomic E-state index is 0.238. The van der Waals surface area contributed by atoms with Crippen LogP contribution in [0, 0.1) is 6.92 Å². The van der Waals surface area contributed by atoms with Crippen molar-refractivity contribution >= 4 is 5.69 Å². The molecule has 1 atom stereocenters.